The van der Waals surface area contributed by atoms with Crippen LogP contribution < -0.4 is 11.1 Å². The lowest BCUT2D eigenvalue weighted by atomic mass is 9.97. The van der Waals surface area contributed by atoms with E-state index < -0.39 is 0 Å². The second kappa shape index (κ2) is 3.37. The van der Waals surface area contributed by atoms with Gasteiger partial charge < -0.3 is 16.0 Å². The minimum atomic E-state index is -0.163. The topological polar surface area (TPSA) is 58.4 Å². The van der Waals surface area contributed by atoms with E-state index in [1.165, 1.54) is 0 Å². The number of carbonyl (C=O) groups excluding carboxylic acids is 1. The van der Waals surface area contributed by atoms with E-state index in [2.05, 4.69) is 5.32 Å². The van der Waals surface area contributed by atoms with Crippen LogP contribution in [0.4, 0.5) is 4.79 Å². The highest BCUT2D eigenvalue weighted by Gasteiger charge is 2.47. The minimum Gasteiger partial charge on any atom is -0.333 e. The molecular weight excluding hydrogens is 190 g/mol. The van der Waals surface area contributed by atoms with Crippen molar-refractivity contribution < 1.29 is 4.79 Å². The van der Waals surface area contributed by atoms with Crippen molar-refractivity contribution in [2.24, 2.45) is 5.73 Å². The Labute approximate surface area is 91.2 Å². The summed E-state index contributed by atoms with van der Waals surface area (Å²) < 4.78 is 0. The molecule has 2 aliphatic rings. The second-order valence-corrected chi connectivity index (χ2v) is 5.79. The molecule has 3 unspecified atom stereocenters. The van der Waals surface area contributed by atoms with Crippen molar-refractivity contribution in [1.82, 2.24) is 10.2 Å². The Bertz CT molecular complexity index is 271. The Morgan fingerprint density at radius 3 is 2.47 bits per heavy atom. The smallest absolute Gasteiger partial charge is 0.318 e. The molecule has 0 saturated carbocycles. The lowest BCUT2D eigenvalue weighted by molar-refractivity contribution is 0.181. The van der Waals surface area contributed by atoms with Gasteiger partial charge in [-0.25, -0.2) is 4.79 Å². The first-order chi connectivity index (χ1) is 6.88. The maximum Gasteiger partial charge on any atom is 0.318 e. The highest BCUT2D eigenvalue weighted by atomic mass is 16.2. The number of carbonyl (C=O) groups is 1. The fraction of sp³-hybridized carbons (Fsp3) is 0.909. The Hall–Kier alpha value is -0.770. The van der Waals surface area contributed by atoms with Crippen LogP contribution >= 0.6 is 0 Å². The number of urea groups is 1. The van der Waals surface area contributed by atoms with Crippen molar-refractivity contribution in [3.63, 3.8) is 0 Å². The Balaban J connectivity index is 2.03. The predicted octanol–water partition coefficient (Wildman–Crippen LogP) is 1.06. The first-order valence-corrected chi connectivity index (χ1v) is 5.74. The number of nitrogens with zero attached hydrogens (tertiary/aromatic N) is 1. The van der Waals surface area contributed by atoms with E-state index in [0.29, 0.717) is 6.04 Å². The van der Waals surface area contributed by atoms with Crippen molar-refractivity contribution in [3.05, 3.63) is 0 Å². The second-order valence-electron chi connectivity index (χ2n) is 5.79. The zero-order chi connectivity index (χ0) is 11.2. The summed E-state index contributed by atoms with van der Waals surface area (Å²) in [6, 6.07) is 0.905. The highest BCUT2D eigenvalue weighted by molar-refractivity contribution is 5.76. The molecule has 4 heteroatoms. The molecular formula is C11H21N3O. The molecule has 0 aromatic heterocycles. The van der Waals surface area contributed by atoms with E-state index in [4.69, 9.17) is 5.73 Å². The molecule has 3 N–H and O–H groups in total. The quantitative estimate of drug-likeness (QED) is 0.629. The van der Waals surface area contributed by atoms with Crippen molar-refractivity contribution in [2.45, 2.75) is 63.7 Å². The summed E-state index contributed by atoms with van der Waals surface area (Å²) in [5.41, 5.74) is 5.83. The van der Waals surface area contributed by atoms with Crippen molar-refractivity contribution in [3.8, 4) is 0 Å². The zero-order valence-electron chi connectivity index (χ0n) is 9.79. The first kappa shape index (κ1) is 10.7. The van der Waals surface area contributed by atoms with E-state index in [1.54, 1.807) is 0 Å². The van der Waals surface area contributed by atoms with Crippen LogP contribution in [0.5, 0.6) is 0 Å². The van der Waals surface area contributed by atoms with Crippen LogP contribution in [-0.2, 0) is 0 Å². The van der Waals surface area contributed by atoms with Crippen LogP contribution in [0.3, 0.4) is 0 Å². The van der Waals surface area contributed by atoms with E-state index in [0.717, 1.165) is 19.3 Å². The maximum absolute atomic E-state index is 12.0. The zero-order valence-corrected chi connectivity index (χ0v) is 9.79. The molecule has 3 atom stereocenters. The molecule has 0 aromatic carbocycles. The van der Waals surface area contributed by atoms with Gasteiger partial charge in [0.05, 0.1) is 0 Å². The highest BCUT2D eigenvalue weighted by Crippen LogP contribution is 2.36. The molecule has 0 aliphatic carbocycles. The number of nitrogens with one attached hydrogen (secondary N) is 1. The number of hydrogen-bond donors (Lipinski definition) is 2. The molecule has 2 aliphatic heterocycles. The summed E-state index contributed by atoms with van der Waals surface area (Å²) in [7, 11) is 0. The average Bonchev–Trinajstić information content (AvgIpc) is 2.55. The van der Waals surface area contributed by atoms with Crippen molar-refractivity contribution in [2.75, 3.05) is 0 Å². The third-order valence-electron chi connectivity index (χ3n) is 3.30. The van der Waals surface area contributed by atoms with Gasteiger partial charge in [-0.1, -0.05) is 0 Å². The molecule has 2 heterocycles. The van der Waals surface area contributed by atoms with Crippen LogP contribution in [0.2, 0.25) is 0 Å². The molecule has 2 saturated heterocycles. The number of amides is 2. The van der Waals surface area contributed by atoms with Crippen molar-refractivity contribution >= 4 is 6.03 Å². The van der Waals surface area contributed by atoms with E-state index in [1.807, 2.05) is 25.7 Å². The summed E-state index contributed by atoms with van der Waals surface area (Å²) in [5.74, 6) is 0. The number of fused-ring (bicyclic) bond motifs is 2. The third-order valence-corrected chi connectivity index (χ3v) is 3.30. The van der Waals surface area contributed by atoms with Crippen LogP contribution in [0.1, 0.15) is 40.0 Å². The van der Waals surface area contributed by atoms with Gasteiger partial charge in [0.1, 0.15) is 0 Å². The summed E-state index contributed by atoms with van der Waals surface area (Å²) in [5, 5.41) is 3.01. The summed E-state index contributed by atoms with van der Waals surface area (Å²) in [6.45, 7) is 6.01. The molecule has 2 amide bonds. The molecule has 2 bridgehead atoms. The van der Waals surface area contributed by atoms with Crippen molar-refractivity contribution in [1.29, 1.82) is 0 Å². The molecule has 0 radical (unpaired) electrons. The van der Waals surface area contributed by atoms with Gasteiger partial charge in [-0.05, 0) is 40.0 Å². The summed E-state index contributed by atoms with van der Waals surface area (Å²) in [6.07, 6.45) is 3.17. The van der Waals surface area contributed by atoms with Crippen LogP contribution in [0.15, 0.2) is 0 Å². The van der Waals surface area contributed by atoms with Gasteiger partial charge in [0.25, 0.3) is 0 Å². The molecule has 0 aromatic rings. The molecule has 2 fully saturated rings. The van der Waals surface area contributed by atoms with E-state index in [-0.39, 0.29) is 23.7 Å². The lowest BCUT2D eigenvalue weighted by Crippen LogP contribution is -2.51. The molecule has 2 rings (SSSR count). The number of rotatable bonds is 0. The van der Waals surface area contributed by atoms with Crippen LogP contribution in [0, 0.1) is 0 Å². The Morgan fingerprint density at radius 1 is 1.40 bits per heavy atom. The van der Waals surface area contributed by atoms with Gasteiger partial charge >= 0.3 is 6.03 Å². The largest absolute Gasteiger partial charge is 0.333 e. The minimum absolute atomic E-state index is 0.0583. The van der Waals surface area contributed by atoms with Gasteiger partial charge in [0.2, 0.25) is 0 Å². The number of nitrogens with two attached hydrogens (primary N) is 1. The van der Waals surface area contributed by atoms with Gasteiger partial charge in [-0.2, -0.15) is 0 Å². The van der Waals surface area contributed by atoms with Gasteiger partial charge in [0, 0.05) is 23.7 Å². The monoisotopic (exact) mass is 211 g/mol. The van der Waals surface area contributed by atoms with Gasteiger partial charge in [0.15, 0.2) is 0 Å². The van der Waals surface area contributed by atoms with Crippen LogP contribution in [0.25, 0.3) is 0 Å². The lowest BCUT2D eigenvalue weighted by Gasteiger charge is -2.28. The maximum atomic E-state index is 12.0. The summed E-state index contributed by atoms with van der Waals surface area (Å²) >= 11 is 0. The molecule has 0 spiro atoms. The molecule has 15 heavy (non-hydrogen) atoms. The third kappa shape index (κ3) is 1.95. The fourth-order valence-corrected chi connectivity index (χ4v) is 2.74. The first-order valence-electron chi connectivity index (χ1n) is 5.74. The SMILES string of the molecule is CC(C)(C)NC(=O)N1C2CCC1C(N)C2. The van der Waals surface area contributed by atoms with Gasteiger partial charge in [-0.3, -0.25) is 0 Å². The molecule has 86 valence electrons. The fourth-order valence-electron chi connectivity index (χ4n) is 2.74. The predicted molar refractivity (Wildman–Crippen MR) is 59.5 cm³/mol. The Kier molecular flexibility index (Phi) is 2.41. The number of hydrogen-bond acceptors (Lipinski definition) is 2. The normalized spacial score (nSPS) is 34.7. The molecule has 4 nitrogen and oxygen atoms in total. The Morgan fingerprint density at radius 2 is 2.07 bits per heavy atom. The van der Waals surface area contributed by atoms with Gasteiger partial charge in [-0.15, -0.1) is 0 Å². The average molecular weight is 211 g/mol. The summed E-state index contributed by atoms with van der Waals surface area (Å²) in [4.78, 5) is 14.0. The van der Waals surface area contributed by atoms with E-state index >= 15 is 0 Å². The van der Waals surface area contributed by atoms with Crippen LogP contribution in [-0.4, -0.2) is 34.6 Å². The standard InChI is InChI=1S/C11H21N3O/c1-11(2,3)13-10(15)14-7-4-5-9(14)8(12)6-7/h7-9H,4-6,12H2,1-3H3,(H,13,15). The van der Waals surface area contributed by atoms with E-state index in [9.17, 15) is 4.79 Å².